The summed E-state index contributed by atoms with van der Waals surface area (Å²) < 4.78 is 21.3. The normalized spacial score (nSPS) is 20.0. The zero-order chi connectivity index (χ0) is 22.2. The van der Waals surface area contributed by atoms with E-state index in [1.807, 2.05) is 0 Å². The highest BCUT2D eigenvalue weighted by atomic mass is 16.7. The SMILES string of the molecule is COc1ccc(N2C(=O)C[C@]3(CC(c4cc(OC)c(OC)cc4OC)=NO3)C2=O)cc1. The van der Waals surface area contributed by atoms with Crippen LogP contribution in [0.2, 0.25) is 0 Å². The van der Waals surface area contributed by atoms with E-state index in [0.717, 1.165) is 4.90 Å². The van der Waals surface area contributed by atoms with E-state index in [1.165, 1.54) is 21.3 Å². The molecule has 1 atom stereocenters. The van der Waals surface area contributed by atoms with Gasteiger partial charge in [0.1, 0.15) is 11.5 Å². The Balaban J connectivity index is 1.63. The second-order valence-corrected chi connectivity index (χ2v) is 7.12. The number of imide groups is 1. The Hall–Kier alpha value is -3.75. The van der Waals surface area contributed by atoms with Gasteiger partial charge >= 0.3 is 0 Å². The van der Waals surface area contributed by atoms with Crippen LogP contribution in [0.1, 0.15) is 18.4 Å². The molecule has 1 fully saturated rings. The van der Waals surface area contributed by atoms with Crippen LogP contribution >= 0.6 is 0 Å². The Bertz CT molecular complexity index is 1060. The van der Waals surface area contributed by atoms with E-state index in [9.17, 15) is 9.59 Å². The van der Waals surface area contributed by atoms with Gasteiger partial charge in [-0.25, -0.2) is 4.90 Å². The maximum Gasteiger partial charge on any atom is 0.281 e. The number of carbonyl (C=O) groups excluding carboxylic acids is 2. The summed E-state index contributed by atoms with van der Waals surface area (Å²) in [6.45, 7) is 0. The fraction of sp³-hybridized carbons (Fsp3) is 0.318. The monoisotopic (exact) mass is 426 g/mol. The van der Waals surface area contributed by atoms with Gasteiger partial charge in [0.25, 0.3) is 5.91 Å². The molecule has 2 aromatic carbocycles. The molecule has 1 spiro atoms. The van der Waals surface area contributed by atoms with Crippen molar-refractivity contribution in [2.24, 2.45) is 5.16 Å². The molecule has 2 aliphatic rings. The van der Waals surface area contributed by atoms with Crippen LogP contribution in [0.15, 0.2) is 41.6 Å². The van der Waals surface area contributed by atoms with E-state index < -0.39 is 11.5 Å². The van der Waals surface area contributed by atoms with Crippen LogP contribution in [-0.4, -0.2) is 51.6 Å². The predicted molar refractivity (Wildman–Crippen MR) is 111 cm³/mol. The summed E-state index contributed by atoms with van der Waals surface area (Å²) >= 11 is 0. The summed E-state index contributed by atoms with van der Waals surface area (Å²) in [5.74, 6) is 1.28. The first-order valence-electron chi connectivity index (χ1n) is 9.53. The largest absolute Gasteiger partial charge is 0.497 e. The lowest BCUT2D eigenvalue weighted by molar-refractivity contribution is -0.136. The quantitative estimate of drug-likeness (QED) is 0.655. The van der Waals surface area contributed by atoms with Crippen molar-refractivity contribution in [2.75, 3.05) is 33.3 Å². The molecule has 0 aromatic heterocycles. The second kappa shape index (κ2) is 7.82. The van der Waals surface area contributed by atoms with E-state index in [2.05, 4.69) is 5.16 Å². The van der Waals surface area contributed by atoms with Crippen LogP contribution in [0.25, 0.3) is 0 Å². The van der Waals surface area contributed by atoms with Crippen LogP contribution in [-0.2, 0) is 14.4 Å². The molecule has 1 saturated heterocycles. The summed E-state index contributed by atoms with van der Waals surface area (Å²) in [4.78, 5) is 32.7. The number of ether oxygens (including phenoxy) is 4. The van der Waals surface area contributed by atoms with Crippen LogP contribution in [0.4, 0.5) is 5.69 Å². The number of rotatable bonds is 6. The van der Waals surface area contributed by atoms with Gasteiger partial charge in [0, 0.05) is 18.1 Å². The van der Waals surface area contributed by atoms with Crippen molar-refractivity contribution in [1.82, 2.24) is 0 Å². The number of hydrogen-bond donors (Lipinski definition) is 0. The van der Waals surface area contributed by atoms with Gasteiger partial charge in [0.15, 0.2) is 11.5 Å². The molecule has 2 amide bonds. The third kappa shape index (κ3) is 3.31. The van der Waals surface area contributed by atoms with Crippen LogP contribution in [0.3, 0.4) is 0 Å². The maximum atomic E-state index is 13.2. The minimum Gasteiger partial charge on any atom is -0.497 e. The minimum atomic E-state index is -1.38. The molecular formula is C22H22N2O7. The fourth-order valence-corrected chi connectivity index (χ4v) is 3.79. The number of amides is 2. The van der Waals surface area contributed by atoms with Crippen molar-refractivity contribution in [3.63, 3.8) is 0 Å². The van der Waals surface area contributed by atoms with E-state index in [4.69, 9.17) is 23.8 Å². The maximum absolute atomic E-state index is 13.2. The molecule has 162 valence electrons. The molecule has 31 heavy (non-hydrogen) atoms. The lowest BCUT2D eigenvalue weighted by Crippen LogP contribution is -2.40. The minimum absolute atomic E-state index is 0.111. The Morgan fingerprint density at radius 3 is 2.13 bits per heavy atom. The smallest absolute Gasteiger partial charge is 0.281 e. The topological polar surface area (TPSA) is 95.9 Å². The van der Waals surface area contributed by atoms with E-state index >= 15 is 0 Å². The van der Waals surface area contributed by atoms with Gasteiger partial charge < -0.3 is 23.8 Å². The van der Waals surface area contributed by atoms with Gasteiger partial charge in [-0.05, 0) is 30.3 Å². The average Bonchev–Trinajstić information content (AvgIpc) is 3.33. The van der Waals surface area contributed by atoms with Crippen molar-refractivity contribution < 1.29 is 33.4 Å². The lowest BCUT2D eigenvalue weighted by Gasteiger charge is -2.19. The molecule has 0 bridgehead atoms. The molecule has 9 heteroatoms. The van der Waals surface area contributed by atoms with E-state index in [0.29, 0.717) is 40.0 Å². The summed E-state index contributed by atoms with van der Waals surface area (Å²) in [6, 6.07) is 10.1. The Morgan fingerprint density at radius 1 is 0.871 bits per heavy atom. The number of carbonyl (C=O) groups is 2. The number of nitrogens with zero attached hydrogens (tertiary/aromatic N) is 2. The second-order valence-electron chi connectivity index (χ2n) is 7.12. The van der Waals surface area contributed by atoms with Crippen LogP contribution in [0.5, 0.6) is 23.0 Å². The lowest BCUT2D eigenvalue weighted by atomic mass is 9.92. The number of anilines is 1. The van der Waals surface area contributed by atoms with Crippen molar-refractivity contribution in [2.45, 2.75) is 18.4 Å². The molecule has 2 aliphatic heterocycles. The van der Waals surface area contributed by atoms with Crippen molar-refractivity contribution in [3.8, 4) is 23.0 Å². The Morgan fingerprint density at radius 2 is 1.52 bits per heavy atom. The van der Waals surface area contributed by atoms with Gasteiger partial charge in [-0.15, -0.1) is 0 Å². The third-order valence-corrected chi connectivity index (χ3v) is 5.41. The number of methoxy groups -OCH3 is 4. The fourth-order valence-electron chi connectivity index (χ4n) is 3.79. The van der Waals surface area contributed by atoms with Gasteiger partial charge in [-0.3, -0.25) is 9.59 Å². The molecular weight excluding hydrogens is 404 g/mol. The molecule has 0 radical (unpaired) electrons. The highest BCUT2D eigenvalue weighted by molar-refractivity contribution is 6.26. The highest BCUT2D eigenvalue weighted by Crippen LogP contribution is 2.42. The van der Waals surface area contributed by atoms with Gasteiger partial charge in [0.2, 0.25) is 11.5 Å². The van der Waals surface area contributed by atoms with Gasteiger partial charge in [-0.1, -0.05) is 5.16 Å². The van der Waals surface area contributed by atoms with Crippen LogP contribution in [0, 0.1) is 0 Å². The summed E-state index contributed by atoms with van der Waals surface area (Å²) in [5, 5.41) is 4.14. The summed E-state index contributed by atoms with van der Waals surface area (Å²) in [5.41, 5.74) is 0.147. The molecule has 2 heterocycles. The average molecular weight is 426 g/mol. The highest BCUT2D eigenvalue weighted by Gasteiger charge is 2.58. The molecule has 9 nitrogen and oxygen atoms in total. The van der Waals surface area contributed by atoms with Crippen molar-refractivity contribution in [1.29, 1.82) is 0 Å². The van der Waals surface area contributed by atoms with Crippen molar-refractivity contribution in [3.05, 3.63) is 42.0 Å². The van der Waals surface area contributed by atoms with E-state index in [-0.39, 0.29) is 18.7 Å². The molecule has 2 aromatic rings. The molecule has 0 N–H and O–H groups in total. The number of oxime groups is 1. The zero-order valence-electron chi connectivity index (χ0n) is 17.6. The Labute approximate surface area is 179 Å². The molecule has 0 aliphatic carbocycles. The van der Waals surface area contributed by atoms with Gasteiger partial charge in [0.05, 0.1) is 46.3 Å². The number of hydrogen-bond acceptors (Lipinski definition) is 8. The Kier molecular flexibility index (Phi) is 5.18. The van der Waals surface area contributed by atoms with Gasteiger partial charge in [-0.2, -0.15) is 0 Å². The summed E-state index contributed by atoms with van der Waals surface area (Å²) in [6.07, 6.45) is 0.0105. The van der Waals surface area contributed by atoms with E-state index in [1.54, 1.807) is 43.5 Å². The first kappa shape index (κ1) is 20.5. The molecule has 0 saturated carbocycles. The first-order chi connectivity index (χ1) is 15.0. The molecule has 4 rings (SSSR count). The standard InChI is InChI=1S/C22H22N2O7/c1-27-14-7-5-13(6-8-14)24-20(25)12-22(21(24)26)11-16(23-31-22)15-9-18(29-3)19(30-4)10-17(15)28-2/h5-10H,11-12H2,1-4H3/t22-/m1/s1. The predicted octanol–water partition coefficient (Wildman–Crippen LogP) is 2.55. The van der Waals surface area contributed by atoms with Crippen LogP contribution < -0.4 is 23.8 Å². The summed E-state index contributed by atoms with van der Waals surface area (Å²) in [7, 11) is 6.11. The zero-order valence-corrected chi connectivity index (χ0v) is 17.6. The number of benzene rings is 2. The third-order valence-electron chi connectivity index (χ3n) is 5.41. The first-order valence-corrected chi connectivity index (χ1v) is 9.53. The molecule has 0 unspecified atom stereocenters. The van der Waals surface area contributed by atoms with Crippen molar-refractivity contribution >= 4 is 23.2 Å².